The molecule has 102 valence electrons. The molecule has 4 nitrogen and oxygen atoms in total. The van der Waals surface area contributed by atoms with E-state index in [1.54, 1.807) is 23.7 Å². The Bertz CT molecular complexity index is 550. The van der Waals surface area contributed by atoms with E-state index < -0.39 is 0 Å². The molecule has 0 aliphatic carbocycles. The molecule has 5 heteroatoms. The predicted molar refractivity (Wildman–Crippen MR) is 72.7 cm³/mol. The lowest BCUT2D eigenvalue weighted by Crippen LogP contribution is -2.29. The Kier molecular flexibility index (Phi) is 4.29. The Morgan fingerprint density at radius 2 is 2.26 bits per heavy atom. The minimum atomic E-state index is -0.194. The highest BCUT2D eigenvalue weighted by molar-refractivity contribution is 5.27. The summed E-state index contributed by atoms with van der Waals surface area (Å²) in [5, 5.41) is 4.12. The number of hydrogen-bond donors (Lipinski definition) is 2. The third kappa shape index (κ3) is 3.19. The molecule has 1 heterocycles. The van der Waals surface area contributed by atoms with Gasteiger partial charge in [0.1, 0.15) is 5.82 Å². The molecule has 0 aliphatic heterocycles. The monoisotopic (exact) mass is 262 g/mol. The zero-order valence-corrected chi connectivity index (χ0v) is 11.2. The Hall–Kier alpha value is -1.72. The molecule has 0 amide bonds. The molecule has 1 aromatic carbocycles. The number of nitrogens with two attached hydrogens (primary N) is 1. The van der Waals surface area contributed by atoms with Crippen molar-refractivity contribution >= 4 is 0 Å². The van der Waals surface area contributed by atoms with Gasteiger partial charge in [-0.05, 0) is 30.9 Å². The van der Waals surface area contributed by atoms with Gasteiger partial charge >= 0.3 is 0 Å². The first kappa shape index (κ1) is 13.7. The van der Waals surface area contributed by atoms with Crippen LogP contribution in [0.25, 0.3) is 0 Å². The van der Waals surface area contributed by atoms with Crippen molar-refractivity contribution < 1.29 is 4.39 Å². The van der Waals surface area contributed by atoms with Crippen LogP contribution in [-0.2, 0) is 13.5 Å². The fraction of sp³-hybridized carbons (Fsp3) is 0.357. The zero-order chi connectivity index (χ0) is 13.8. The van der Waals surface area contributed by atoms with Crippen LogP contribution in [0.5, 0.6) is 0 Å². The predicted octanol–water partition coefficient (Wildman–Crippen LogP) is 2.00. The summed E-state index contributed by atoms with van der Waals surface area (Å²) in [6, 6.07) is 5.19. The Morgan fingerprint density at radius 3 is 2.89 bits per heavy atom. The maximum Gasteiger partial charge on any atom is 0.130 e. The second-order valence-electron chi connectivity index (χ2n) is 4.76. The minimum absolute atomic E-state index is 0.184. The van der Waals surface area contributed by atoms with Crippen LogP contribution in [0.2, 0.25) is 0 Å². The molecule has 0 fully saturated rings. The van der Waals surface area contributed by atoms with E-state index in [9.17, 15) is 4.39 Å². The maximum atomic E-state index is 14.1. The minimum Gasteiger partial charge on any atom is -0.276 e. The molecule has 0 spiro atoms. The van der Waals surface area contributed by atoms with E-state index in [1.807, 2.05) is 25.5 Å². The van der Waals surface area contributed by atoms with Crippen molar-refractivity contribution in [3.63, 3.8) is 0 Å². The Morgan fingerprint density at radius 1 is 1.47 bits per heavy atom. The van der Waals surface area contributed by atoms with Crippen molar-refractivity contribution in [2.75, 3.05) is 0 Å². The first-order valence-corrected chi connectivity index (χ1v) is 6.30. The second-order valence-corrected chi connectivity index (χ2v) is 4.76. The van der Waals surface area contributed by atoms with Gasteiger partial charge in [0.25, 0.3) is 0 Å². The third-order valence-electron chi connectivity index (χ3n) is 3.28. The number of rotatable bonds is 5. The van der Waals surface area contributed by atoms with Gasteiger partial charge in [0.2, 0.25) is 0 Å². The number of nitrogens with one attached hydrogen (secondary N) is 1. The topological polar surface area (TPSA) is 55.9 Å². The highest BCUT2D eigenvalue weighted by Gasteiger charge is 2.15. The molecule has 3 N–H and O–H groups in total. The summed E-state index contributed by atoms with van der Waals surface area (Å²) in [5.41, 5.74) is 5.07. The average molecular weight is 262 g/mol. The number of aromatic nitrogens is 2. The summed E-state index contributed by atoms with van der Waals surface area (Å²) in [6.45, 7) is 1.76. The first-order chi connectivity index (χ1) is 9.11. The van der Waals surface area contributed by atoms with E-state index in [2.05, 4.69) is 10.5 Å². The Balaban J connectivity index is 2.09. The van der Waals surface area contributed by atoms with Crippen LogP contribution >= 0.6 is 0 Å². The Labute approximate surface area is 112 Å². The molecule has 1 aromatic heterocycles. The van der Waals surface area contributed by atoms with Crippen LogP contribution in [0.4, 0.5) is 4.39 Å². The van der Waals surface area contributed by atoms with Crippen molar-refractivity contribution in [3.8, 4) is 0 Å². The van der Waals surface area contributed by atoms with Gasteiger partial charge in [-0.2, -0.15) is 5.10 Å². The van der Waals surface area contributed by atoms with E-state index >= 15 is 0 Å². The van der Waals surface area contributed by atoms with Crippen molar-refractivity contribution in [1.29, 1.82) is 0 Å². The fourth-order valence-corrected chi connectivity index (χ4v) is 2.18. The van der Waals surface area contributed by atoms with E-state index in [0.29, 0.717) is 11.1 Å². The quantitative estimate of drug-likeness (QED) is 0.640. The molecule has 0 bridgehead atoms. The molecule has 0 saturated carbocycles. The maximum absolute atomic E-state index is 14.1. The fourth-order valence-electron chi connectivity index (χ4n) is 2.18. The van der Waals surface area contributed by atoms with Gasteiger partial charge in [-0.25, -0.2) is 4.39 Å². The highest BCUT2D eigenvalue weighted by atomic mass is 19.1. The van der Waals surface area contributed by atoms with Crippen LogP contribution in [0.3, 0.4) is 0 Å². The van der Waals surface area contributed by atoms with Crippen molar-refractivity contribution in [3.05, 3.63) is 53.1 Å². The van der Waals surface area contributed by atoms with Crippen molar-refractivity contribution in [1.82, 2.24) is 15.2 Å². The van der Waals surface area contributed by atoms with Gasteiger partial charge < -0.3 is 0 Å². The molecule has 1 atom stereocenters. The van der Waals surface area contributed by atoms with Crippen LogP contribution in [-0.4, -0.2) is 9.78 Å². The van der Waals surface area contributed by atoms with E-state index in [0.717, 1.165) is 18.4 Å². The molecule has 1 unspecified atom stereocenters. The van der Waals surface area contributed by atoms with E-state index in [4.69, 9.17) is 5.84 Å². The van der Waals surface area contributed by atoms with Gasteiger partial charge in [0, 0.05) is 24.8 Å². The second kappa shape index (κ2) is 5.95. The van der Waals surface area contributed by atoms with Gasteiger partial charge in [0.15, 0.2) is 0 Å². The van der Waals surface area contributed by atoms with Crippen LogP contribution in [0, 0.1) is 12.7 Å². The third-order valence-corrected chi connectivity index (χ3v) is 3.28. The van der Waals surface area contributed by atoms with E-state index in [1.165, 1.54) is 0 Å². The van der Waals surface area contributed by atoms with Crippen molar-refractivity contribution in [2.24, 2.45) is 12.9 Å². The summed E-state index contributed by atoms with van der Waals surface area (Å²) < 4.78 is 15.8. The smallest absolute Gasteiger partial charge is 0.130 e. The normalized spacial score (nSPS) is 12.6. The average Bonchev–Trinajstić information content (AvgIpc) is 2.81. The summed E-state index contributed by atoms with van der Waals surface area (Å²) in [6.07, 6.45) is 5.30. The summed E-state index contributed by atoms with van der Waals surface area (Å²) >= 11 is 0. The molecule has 19 heavy (non-hydrogen) atoms. The molecule has 0 aliphatic rings. The van der Waals surface area contributed by atoms with Gasteiger partial charge in [-0.3, -0.25) is 16.0 Å². The molecule has 2 aromatic rings. The number of aryl methyl sites for hydroxylation is 3. The number of nitrogens with zero attached hydrogens (tertiary/aromatic N) is 2. The van der Waals surface area contributed by atoms with Gasteiger partial charge in [0.05, 0.1) is 6.20 Å². The molecule has 0 radical (unpaired) electrons. The highest BCUT2D eigenvalue weighted by Crippen LogP contribution is 2.23. The van der Waals surface area contributed by atoms with Gasteiger partial charge in [-0.1, -0.05) is 18.2 Å². The van der Waals surface area contributed by atoms with Crippen LogP contribution in [0.1, 0.15) is 29.2 Å². The lowest BCUT2D eigenvalue weighted by atomic mass is 9.98. The van der Waals surface area contributed by atoms with Crippen molar-refractivity contribution in [2.45, 2.75) is 25.8 Å². The summed E-state index contributed by atoms with van der Waals surface area (Å²) in [4.78, 5) is 0. The number of halogens is 1. The number of benzene rings is 1. The van der Waals surface area contributed by atoms with Crippen LogP contribution < -0.4 is 11.3 Å². The summed E-state index contributed by atoms with van der Waals surface area (Å²) in [7, 11) is 1.88. The molecular formula is C14H19FN4. The molecule has 2 rings (SSSR count). The van der Waals surface area contributed by atoms with E-state index in [-0.39, 0.29) is 11.9 Å². The SMILES string of the molecule is Cc1cccc(C(CCc2cnn(C)c2)NN)c1F. The standard InChI is InChI=1S/C14H19FN4/c1-10-4-3-5-12(14(10)15)13(18-16)7-6-11-8-17-19(2)9-11/h3-5,8-9,13,18H,6-7,16H2,1-2H3. The van der Waals surface area contributed by atoms with Crippen LogP contribution in [0.15, 0.2) is 30.6 Å². The largest absolute Gasteiger partial charge is 0.276 e. The zero-order valence-electron chi connectivity index (χ0n) is 11.2. The first-order valence-electron chi connectivity index (χ1n) is 6.30. The number of hydrogen-bond acceptors (Lipinski definition) is 3. The lowest BCUT2D eigenvalue weighted by molar-refractivity contribution is 0.483. The molecule has 0 saturated heterocycles. The molecular weight excluding hydrogens is 243 g/mol. The summed E-state index contributed by atoms with van der Waals surface area (Å²) in [5.74, 6) is 5.37. The lowest BCUT2D eigenvalue weighted by Gasteiger charge is -2.17. The number of hydrazine groups is 1. The van der Waals surface area contributed by atoms with Gasteiger partial charge in [-0.15, -0.1) is 0 Å².